The minimum Gasteiger partial charge on any atom is -0.398 e. The maximum absolute atomic E-state index is 12.3. The first-order valence-corrected chi connectivity index (χ1v) is 6.08. The van der Waals surface area contributed by atoms with Crippen molar-refractivity contribution in [2.75, 3.05) is 12.8 Å². The van der Waals surface area contributed by atoms with E-state index in [1.807, 2.05) is 38.2 Å². The lowest BCUT2D eigenvalue weighted by Gasteiger charge is -2.18. The number of nitrogen functional groups attached to an aromatic ring is 1. The van der Waals surface area contributed by atoms with Crippen molar-refractivity contribution in [3.05, 3.63) is 47.3 Å². The maximum Gasteiger partial charge on any atom is 0.257 e. The number of amides is 1. The number of para-hydroxylation sites is 1. The molecule has 0 aliphatic rings. The van der Waals surface area contributed by atoms with Crippen molar-refractivity contribution >= 4 is 11.6 Å². The van der Waals surface area contributed by atoms with Crippen LogP contribution in [-0.2, 0) is 13.6 Å². The molecule has 0 fully saturated rings. The Morgan fingerprint density at radius 2 is 2.11 bits per heavy atom. The zero-order valence-electron chi connectivity index (χ0n) is 11.4. The molecule has 2 N–H and O–H groups in total. The molecule has 0 radical (unpaired) electrons. The van der Waals surface area contributed by atoms with Crippen LogP contribution in [0.2, 0.25) is 0 Å². The maximum atomic E-state index is 12.3. The molecular formula is C14H18N4O. The Morgan fingerprint density at radius 3 is 2.68 bits per heavy atom. The molecule has 2 aromatic rings. The van der Waals surface area contributed by atoms with Gasteiger partial charge in [-0.3, -0.25) is 9.48 Å². The first-order valence-electron chi connectivity index (χ1n) is 6.08. The summed E-state index contributed by atoms with van der Waals surface area (Å²) in [6.07, 6.45) is 1.60. The fourth-order valence-corrected chi connectivity index (χ4v) is 1.92. The normalized spacial score (nSPS) is 10.5. The second kappa shape index (κ2) is 5.14. The van der Waals surface area contributed by atoms with E-state index in [0.717, 1.165) is 11.3 Å². The van der Waals surface area contributed by atoms with Crippen LogP contribution < -0.4 is 5.73 Å². The summed E-state index contributed by atoms with van der Waals surface area (Å²) in [7, 11) is 3.59. The average Bonchev–Trinajstić information content (AvgIpc) is 2.72. The van der Waals surface area contributed by atoms with Gasteiger partial charge in [0.05, 0.1) is 11.8 Å². The lowest BCUT2D eigenvalue weighted by molar-refractivity contribution is 0.0784. The van der Waals surface area contributed by atoms with Crippen LogP contribution in [0.1, 0.15) is 21.6 Å². The Bertz CT molecular complexity index is 603. The van der Waals surface area contributed by atoms with Gasteiger partial charge in [0.1, 0.15) is 0 Å². The summed E-state index contributed by atoms with van der Waals surface area (Å²) in [5.74, 6) is -0.0474. The van der Waals surface area contributed by atoms with Gasteiger partial charge in [-0.15, -0.1) is 0 Å². The van der Waals surface area contributed by atoms with Gasteiger partial charge in [-0.1, -0.05) is 18.2 Å². The van der Waals surface area contributed by atoms with Crippen molar-refractivity contribution in [2.45, 2.75) is 13.5 Å². The van der Waals surface area contributed by atoms with Gasteiger partial charge >= 0.3 is 0 Å². The molecule has 19 heavy (non-hydrogen) atoms. The monoisotopic (exact) mass is 258 g/mol. The Hall–Kier alpha value is -2.30. The van der Waals surface area contributed by atoms with Gasteiger partial charge in [0, 0.05) is 32.0 Å². The van der Waals surface area contributed by atoms with Crippen molar-refractivity contribution in [2.24, 2.45) is 7.05 Å². The van der Waals surface area contributed by atoms with Gasteiger partial charge in [-0.2, -0.15) is 5.10 Å². The number of aryl methyl sites for hydroxylation is 1. The molecular weight excluding hydrogens is 240 g/mol. The summed E-state index contributed by atoms with van der Waals surface area (Å²) in [5, 5.41) is 4.09. The van der Waals surface area contributed by atoms with E-state index < -0.39 is 0 Å². The van der Waals surface area contributed by atoms with E-state index in [2.05, 4.69) is 5.10 Å². The van der Waals surface area contributed by atoms with Gasteiger partial charge in [-0.05, 0) is 18.6 Å². The topological polar surface area (TPSA) is 64.2 Å². The molecule has 0 aliphatic heterocycles. The van der Waals surface area contributed by atoms with E-state index >= 15 is 0 Å². The molecule has 0 bridgehead atoms. The van der Waals surface area contributed by atoms with Crippen LogP contribution in [0, 0.1) is 6.92 Å². The zero-order chi connectivity index (χ0) is 14.0. The molecule has 100 valence electrons. The Kier molecular flexibility index (Phi) is 3.55. The van der Waals surface area contributed by atoms with Gasteiger partial charge in [0.15, 0.2) is 0 Å². The summed E-state index contributed by atoms with van der Waals surface area (Å²) < 4.78 is 1.69. The second-order valence-corrected chi connectivity index (χ2v) is 4.63. The quantitative estimate of drug-likeness (QED) is 0.850. The predicted octanol–water partition coefficient (Wildman–Crippen LogP) is 1.58. The number of carbonyl (C=O) groups is 1. The highest BCUT2D eigenvalue weighted by Crippen LogP contribution is 2.15. The Balaban J connectivity index is 2.17. The first-order chi connectivity index (χ1) is 9.00. The second-order valence-electron chi connectivity index (χ2n) is 4.63. The molecule has 0 unspecified atom stereocenters. The van der Waals surface area contributed by atoms with E-state index in [1.54, 1.807) is 22.8 Å². The van der Waals surface area contributed by atoms with Gasteiger partial charge < -0.3 is 10.6 Å². The number of anilines is 1. The highest BCUT2D eigenvalue weighted by Gasteiger charge is 2.17. The van der Waals surface area contributed by atoms with E-state index in [-0.39, 0.29) is 5.91 Å². The average molecular weight is 258 g/mol. The van der Waals surface area contributed by atoms with Crippen LogP contribution in [-0.4, -0.2) is 27.6 Å². The smallest absolute Gasteiger partial charge is 0.257 e. The SMILES string of the molecule is Cc1c(C(=O)N(C)Cc2ccccc2N)cnn1C. The van der Waals surface area contributed by atoms with Crippen LogP contribution in [0.15, 0.2) is 30.5 Å². The minimum atomic E-state index is -0.0474. The molecule has 0 saturated heterocycles. The Morgan fingerprint density at radius 1 is 1.42 bits per heavy atom. The van der Waals surface area contributed by atoms with E-state index in [9.17, 15) is 4.79 Å². The zero-order valence-corrected chi connectivity index (χ0v) is 11.4. The molecule has 0 saturated carbocycles. The molecule has 0 aliphatic carbocycles. The lowest BCUT2D eigenvalue weighted by atomic mass is 10.1. The molecule has 1 heterocycles. The van der Waals surface area contributed by atoms with Crippen LogP contribution in [0.3, 0.4) is 0 Å². The number of hydrogen-bond acceptors (Lipinski definition) is 3. The van der Waals surface area contributed by atoms with Crippen LogP contribution >= 0.6 is 0 Å². The largest absolute Gasteiger partial charge is 0.398 e. The summed E-state index contributed by atoms with van der Waals surface area (Å²) in [5.41, 5.74) is 9.01. The molecule has 0 atom stereocenters. The standard InChI is InChI=1S/C14H18N4O/c1-10-12(8-16-18(10)3)14(19)17(2)9-11-6-4-5-7-13(11)15/h4-8H,9,15H2,1-3H3. The third kappa shape index (κ3) is 2.59. The van der Waals surface area contributed by atoms with Gasteiger partial charge in [0.2, 0.25) is 0 Å². The fourth-order valence-electron chi connectivity index (χ4n) is 1.92. The van der Waals surface area contributed by atoms with Crippen LogP contribution in [0.5, 0.6) is 0 Å². The van der Waals surface area contributed by atoms with Gasteiger partial charge in [0.25, 0.3) is 5.91 Å². The molecule has 5 nitrogen and oxygen atoms in total. The van der Waals surface area contributed by atoms with Gasteiger partial charge in [-0.25, -0.2) is 0 Å². The summed E-state index contributed by atoms with van der Waals surface area (Å²) in [6.45, 7) is 2.37. The molecule has 5 heteroatoms. The predicted molar refractivity (Wildman–Crippen MR) is 74.6 cm³/mol. The van der Waals surface area contributed by atoms with Crippen LogP contribution in [0.4, 0.5) is 5.69 Å². The van der Waals surface area contributed by atoms with E-state index in [4.69, 9.17) is 5.73 Å². The number of benzene rings is 1. The van der Waals surface area contributed by atoms with Crippen LogP contribution in [0.25, 0.3) is 0 Å². The lowest BCUT2D eigenvalue weighted by Crippen LogP contribution is -2.27. The molecule has 1 aromatic heterocycles. The molecule has 1 amide bonds. The number of carbonyl (C=O) groups excluding carboxylic acids is 1. The van der Waals surface area contributed by atoms with Crippen molar-refractivity contribution in [3.8, 4) is 0 Å². The number of nitrogens with zero attached hydrogens (tertiary/aromatic N) is 3. The third-order valence-electron chi connectivity index (χ3n) is 3.27. The third-order valence-corrected chi connectivity index (χ3v) is 3.27. The highest BCUT2D eigenvalue weighted by atomic mass is 16.2. The van der Waals surface area contributed by atoms with Crippen molar-refractivity contribution < 1.29 is 4.79 Å². The first kappa shape index (κ1) is 13.1. The number of nitrogens with two attached hydrogens (primary N) is 1. The van der Waals surface area contributed by atoms with E-state index in [0.29, 0.717) is 17.8 Å². The summed E-state index contributed by atoms with van der Waals surface area (Å²) >= 11 is 0. The highest BCUT2D eigenvalue weighted by molar-refractivity contribution is 5.94. The Labute approximate surface area is 112 Å². The van der Waals surface area contributed by atoms with Crippen molar-refractivity contribution in [1.29, 1.82) is 0 Å². The number of rotatable bonds is 3. The minimum absolute atomic E-state index is 0.0474. The number of hydrogen-bond donors (Lipinski definition) is 1. The fraction of sp³-hybridized carbons (Fsp3) is 0.286. The van der Waals surface area contributed by atoms with Crippen molar-refractivity contribution in [1.82, 2.24) is 14.7 Å². The number of aromatic nitrogens is 2. The summed E-state index contributed by atoms with van der Waals surface area (Å²) in [6, 6.07) is 7.56. The van der Waals surface area contributed by atoms with Crippen molar-refractivity contribution in [3.63, 3.8) is 0 Å². The summed E-state index contributed by atoms with van der Waals surface area (Å²) in [4.78, 5) is 14.0. The molecule has 0 spiro atoms. The van der Waals surface area contributed by atoms with E-state index in [1.165, 1.54) is 0 Å². The molecule has 1 aromatic carbocycles. The molecule has 2 rings (SSSR count).